The van der Waals surface area contributed by atoms with Crippen LogP contribution in [-0.4, -0.2) is 47.4 Å². The van der Waals surface area contributed by atoms with Gasteiger partial charge in [0.2, 0.25) is 5.91 Å². The average molecular weight is 339 g/mol. The highest BCUT2D eigenvalue weighted by Gasteiger charge is 2.28. The first-order valence-electron chi connectivity index (χ1n) is 8.31. The monoisotopic (exact) mass is 339 g/mol. The predicted molar refractivity (Wildman–Crippen MR) is 92.9 cm³/mol. The van der Waals surface area contributed by atoms with Crippen LogP contribution in [0.5, 0.6) is 0 Å². The molecule has 1 aliphatic heterocycles. The molecule has 2 amide bonds. The third kappa shape index (κ3) is 4.22. The Morgan fingerprint density at radius 3 is 2.64 bits per heavy atom. The third-order valence-electron chi connectivity index (χ3n) is 4.21. The second kappa shape index (κ2) is 7.90. The lowest BCUT2D eigenvalue weighted by Crippen LogP contribution is -2.51. The predicted octanol–water partition coefficient (Wildman–Crippen LogP) is 1.80. The van der Waals surface area contributed by atoms with Crippen LogP contribution in [0.15, 0.2) is 54.9 Å². The summed E-state index contributed by atoms with van der Waals surface area (Å²) >= 11 is 0. The van der Waals surface area contributed by atoms with E-state index in [1.165, 1.54) is 0 Å². The molecule has 1 aliphatic rings. The molecule has 1 aromatic carbocycles. The van der Waals surface area contributed by atoms with Crippen molar-refractivity contribution in [3.63, 3.8) is 0 Å². The normalized spacial score (nSPS) is 18.4. The number of hydrogen-bond donors (Lipinski definition) is 1. The number of carbonyl (C=O) groups excluding carboxylic acids is 2. The lowest BCUT2D eigenvalue weighted by atomic mass is 10.1. The zero-order valence-electron chi connectivity index (χ0n) is 14.1. The van der Waals surface area contributed by atoms with Crippen LogP contribution in [0, 0.1) is 0 Å². The number of rotatable bonds is 4. The van der Waals surface area contributed by atoms with E-state index in [0.717, 1.165) is 5.56 Å². The highest BCUT2D eigenvalue weighted by Crippen LogP contribution is 2.22. The molecule has 1 fully saturated rings. The summed E-state index contributed by atoms with van der Waals surface area (Å²) in [6.07, 6.45) is 2.96. The van der Waals surface area contributed by atoms with Crippen LogP contribution in [0.3, 0.4) is 0 Å². The van der Waals surface area contributed by atoms with E-state index in [1.54, 1.807) is 36.4 Å². The maximum atomic E-state index is 12.7. The van der Waals surface area contributed by atoms with Gasteiger partial charge in [0.25, 0.3) is 5.91 Å². The van der Waals surface area contributed by atoms with Gasteiger partial charge in [0.05, 0.1) is 13.2 Å². The van der Waals surface area contributed by atoms with Crippen molar-refractivity contribution in [2.45, 2.75) is 19.1 Å². The fourth-order valence-electron chi connectivity index (χ4n) is 2.84. The molecule has 130 valence electrons. The third-order valence-corrected chi connectivity index (χ3v) is 4.21. The Hall–Kier alpha value is -2.73. The number of nitrogens with one attached hydrogen (secondary N) is 1. The van der Waals surface area contributed by atoms with E-state index in [4.69, 9.17) is 4.74 Å². The van der Waals surface area contributed by atoms with Crippen LogP contribution in [0.2, 0.25) is 0 Å². The maximum Gasteiger partial charge on any atom is 0.252 e. The number of hydrogen-bond acceptors (Lipinski definition) is 4. The summed E-state index contributed by atoms with van der Waals surface area (Å²) in [7, 11) is 0. The van der Waals surface area contributed by atoms with Crippen molar-refractivity contribution in [3.8, 4) is 0 Å². The summed E-state index contributed by atoms with van der Waals surface area (Å²) in [6, 6.07) is 12.5. The fraction of sp³-hybridized carbons (Fsp3) is 0.316. The molecule has 2 aromatic rings. The van der Waals surface area contributed by atoms with Crippen molar-refractivity contribution in [3.05, 3.63) is 66.0 Å². The quantitative estimate of drug-likeness (QED) is 0.922. The van der Waals surface area contributed by atoms with Crippen molar-refractivity contribution in [2.75, 3.05) is 19.7 Å². The molecule has 0 radical (unpaired) electrons. The van der Waals surface area contributed by atoms with Crippen LogP contribution in [0.25, 0.3) is 0 Å². The molecule has 1 aromatic heterocycles. The van der Waals surface area contributed by atoms with Crippen molar-refractivity contribution >= 4 is 11.8 Å². The summed E-state index contributed by atoms with van der Waals surface area (Å²) in [5, 5.41) is 2.75. The van der Waals surface area contributed by atoms with Gasteiger partial charge in [-0.3, -0.25) is 14.6 Å². The first-order valence-corrected chi connectivity index (χ1v) is 8.31. The van der Waals surface area contributed by atoms with Crippen LogP contribution < -0.4 is 5.32 Å². The maximum absolute atomic E-state index is 12.7. The van der Waals surface area contributed by atoms with Gasteiger partial charge in [-0.1, -0.05) is 30.3 Å². The van der Waals surface area contributed by atoms with Gasteiger partial charge in [-0.25, -0.2) is 0 Å². The second-order valence-corrected chi connectivity index (χ2v) is 5.99. The van der Waals surface area contributed by atoms with E-state index in [2.05, 4.69) is 10.3 Å². The van der Waals surface area contributed by atoms with Gasteiger partial charge in [0.1, 0.15) is 12.1 Å². The van der Waals surface area contributed by atoms with E-state index in [-0.39, 0.29) is 17.9 Å². The summed E-state index contributed by atoms with van der Waals surface area (Å²) in [6.45, 7) is 3.20. The minimum absolute atomic E-state index is 0.105. The molecule has 2 atom stereocenters. The Morgan fingerprint density at radius 2 is 1.92 bits per heavy atom. The van der Waals surface area contributed by atoms with E-state index in [0.29, 0.717) is 25.3 Å². The van der Waals surface area contributed by atoms with Crippen molar-refractivity contribution in [1.29, 1.82) is 0 Å². The number of morpholine rings is 1. The Balaban J connectivity index is 1.61. The molecule has 2 heterocycles. The average Bonchev–Trinajstić information content (AvgIpc) is 2.68. The van der Waals surface area contributed by atoms with Crippen LogP contribution in [0.4, 0.5) is 0 Å². The zero-order chi connectivity index (χ0) is 17.6. The Bertz CT molecular complexity index is 721. The Morgan fingerprint density at radius 1 is 1.20 bits per heavy atom. The molecule has 0 saturated carbocycles. The molecule has 1 saturated heterocycles. The first-order chi connectivity index (χ1) is 12.1. The lowest BCUT2D eigenvalue weighted by molar-refractivity contribution is -0.140. The summed E-state index contributed by atoms with van der Waals surface area (Å²) in [5.74, 6) is -0.386. The fourth-order valence-corrected chi connectivity index (χ4v) is 2.84. The number of ether oxygens (including phenoxy) is 1. The summed E-state index contributed by atoms with van der Waals surface area (Å²) < 4.78 is 5.79. The van der Waals surface area contributed by atoms with Crippen molar-refractivity contribution in [1.82, 2.24) is 15.2 Å². The van der Waals surface area contributed by atoms with Crippen LogP contribution in [0.1, 0.15) is 28.9 Å². The van der Waals surface area contributed by atoms with Gasteiger partial charge in [-0.2, -0.15) is 0 Å². The molecule has 6 nitrogen and oxygen atoms in total. The SMILES string of the molecule is C[C@H](NC(=O)c1ccncc1)C(=O)N1CCOC(c2ccccc2)C1. The standard InChI is InChI=1S/C19H21N3O3/c1-14(21-18(23)16-7-9-20-10-8-16)19(24)22-11-12-25-17(13-22)15-5-3-2-4-6-15/h2-10,14,17H,11-13H2,1H3,(H,21,23)/t14-,17?/m0/s1. The molecule has 25 heavy (non-hydrogen) atoms. The Labute approximate surface area is 146 Å². The van der Waals surface area contributed by atoms with E-state index in [9.17, 15) is 9.59 Å². The Kier molecular flexibility index (Phi) is 5.40. The highest BCUT2D eigenvalue weighted by atomic mass is 16.5. The zero-order valence-corrected chi connectivity index (χ0v) is 14.1. The first kappa shape index (κ1) is 17.1. The van der Waals surface area contributed by atoms with Gasteiger partial charge in [-0.15, -0.1) is 0 Å². The number of amides is 2. The van der Waals surface area contributed by atoms with Gasteiger partial charge >= 0.3 is 0 Å². The van der Waals surface area contributed by atoms with Gasteiger partial charge in [-0.05, 0) is 24.6 Å². The molecular weight excluding hydrogens is 318 g/mol. The van der Waals surface area contributed by atoms with Crippen molar-refractivity contribution in [2.24, 2.45) is 0 Å². The van der Waals surface area contributed by atoms with Gasteiger partial charge in [0.15, 0.2) is 0 Å². The number of aromatic nitrogens is 1. The summed E-state index contributed by atoms with van der Waals surface area (Å²) in [4.78, 5) is 30.5. The number of benzene rings is 1. The molecule has 0 bridgehead atoms. The molecule has 1 N–H and O–H groups in total. The number of pyridine rings is 1. The summed E-state index contributed by atoms with van der Waals surface area (Å²) in [5.41, 5.74) is 1.53. The molecule has 0 spiro atoms. The van der Waals surface area contributed by atoms with E-state index in [1.807, 2.05) is 30.3 Å². The number of nitrogens with zero attached hydrogens (tertiary/aromatic N) is 2. The largest absolute Gasteiger partial charge is 0.370 e. The van der Waals surface area contributed by atoms with Crippen LogP contribution in [-0.2, 0) is 9.53 Å². The highest BCUT2D eigenvalue weighted by molar-refractivity contribution is 5.97. The smallest absolute Gasteiger partial charge is 0.252 e. The van der Waals surface area contributed by atoms with Gasteiger partial charge < -0.3 is 15.0 Å². The molecule has 3 rings (SSSR count). The second-order valence-electron chi connectivity index (χ2n) is 5.99. The van der Waals surface area contributed by atoms with E-state index >= 15 is 0 Å². The van der Waals surface area contributed by atoms with Crippen LogP contribution >= 0.6 is 0 Å². The van der Waals surface area contributed by atoms with Gasteiger partial charge in [0, 0.05) is 24.5 Å². The minimum atomic E-state index is -0.602. The lowest BCUT2D eigenvalue weighted by Gasteiger charge is -2.34. The molecule has 1 unspecified atom stereocenters. The topological polar surface area (TPSA) is 71.5 Å². The molecular formula is C19H21N3O3. The number of carbonyl (C=O) groups is 2. The van der Waals surface area contributed by atoms with Crippen molar-refractivity contribution < 1.29 is 14.3 Å². The molecule has 6 heteroatoms. The molecule has 0 aliphatic carbocycles. The minimum Gasteiger partial charge on any atom is -0.370 e. The van der Waals surface area contributed by atoms with E-state index < -0.39 is 6.04 Å².